The van der Waals surface area contributed by atoms with E-state index < -0.39 is 0 Å². The van der Waals surface area contributed by atoms with E-state index in [1.54, 1.807) is 37.1 Å². The summed E-state index contributed by atoms with van der Waals surface area (Å²) < 4.78 is 7.04. The lowest BCUT2D eigenvalue weighted by atomic mass is 10.2. The zero-order valence-corrected chi connectivity index (χ0v) is 18.1. The molecule has 30 heavy (non-hydrogen) atoms. The van der Waals surface area contributed by atoms with E-state index in [1.807, 2.05) is 16.9 Å². The Morgan fingerprint density at radius 2 is 2.10 bits per heavy atom. The SMILES string of the molecule is CCSc1nc(N2CCCC2)c2cnn(CCNC(=O)c3cccc(OC)c3)c2n1. The fourth-order valence-electron chi connectivity index (χ4n) is 3.59. The summed E-state index contributed by atoms with van der Waals surface area (Å²) in [6.45, 7) is 5.12. The van der Waals surface area contributed by atoms with Crippen molar-refractivity contribution in [1.29, 1.82) is 0 Å². The minimum Gasteiger partial charge on any atom is -0.497 e. The van der Waals surface area contributed by atoms with Crippen LogP contribution < -0.4 is 15.0 Å². The van der Waals surface area contributed by atoms with Gasteiger partial charge in [-0.05, 0) is 36.8 Å². The number of rotatable bonds is 8. The van der Waals surface area contributed by atoms with Crippen molar-refractivity contribution < 1.29 is 9.53 Å². The number of nitrogens with zero attached hydrogens (tertiary/aromatic N) is 5. The molecule has 0 aliphatic carbocycles. The average molecular weight is 427 g/mol. The van der Waals surface area contributed by atoms with E-state index >= 15 is 0 Å². The first-order valence-electron chi connectivity index (χ1n) is 10.2. The molecular formula is C21H26N6O2S. The van der Waals surface area contributed by atoms with Crippen LogP contribution in [0.25, 0.3) is 11.0 Å². The van der Waals surface area contributed by atoms with Gasteiger partial charge in [-0.15, -0.1) is 0 Å². The van der Waals surface area contributed by atoms with Gasteiger partial charge >= 0.3 is 0 Å². The minimum absolute atomic E-state index is 0.139. The van der Waals surface area contributed by atoms with Gasteiger partial charge in [0.15, 0.2) is 10.8 Å². The third kappa shape index (κ3) is 4.35. The number of methoxy groups -OCH3 is 1. The van der Waals surface area contributed by atoms with Crippen molar-refractivity contribution in [2.45, 2.75) is 31.5 Å². The van der Waals surface area contributed by atoms with E-state index in [4.69, 9.17) is 14.7 Å². The number of aromatic nitrogens is 4. The van der Waals surface area contributed by atoms with Crippen LogP contribution in [0.5, 0.6) is 5.75 Å². The van der Waals surface area contributed by atoms with Crippen molar-refractivity contribution in [2.75, 3.05) is 37.4 Å². The van der Waals surface area contributed by atoms with Crippen molar-refractivity contribution in [3.05, 3.63) is 36.0 Å². The molecule has 1 saturated heterocycles. The second-order valence-electron chi connectivity index (χ2n) is 7.05. The van der Waals surface area contributed by atoms with Gasteiger partial charge in [0, 0.05) is 25.2 Å². The molecule has 0 radical (unpaired) electrons. The number of carbonyl (C=O) groups excluding carboxylic acids is 1. The zero-order chi connectivity index (χ0) is 20.9. The largest absolute Gasteiger partial charge is 0.497 e. The fraction of sp³-hybridized carbons (Fsp3) is 0.429. The van der Waals surface area contributed by atoms with Gasteiger partial charge in [0.2, 0.25) is 0 Å². The summed E-state index contributed by atoms with van der Waals surface area (Å²) in [7, 11) is 1.59. The van der Waals surface area contributed by atoms with E-state index in [-0.39, 0.29) is 5.91 Å². The normalized spacial score (nSPS) is 13.7. The number of fused-ring (bicyclic) bond motifs is 1. The molecule has 1 N–H and O–H groups in total. The van der Waals surface area contributed by atoms with E-state index in [9.17, 15) is 4.79 Å². The van der Waals surface area contributed by atoms with Gasteiger partial charge in [-0.3, -0.25) is 4.79 Å². The van der Waals surface area contributed by atoms with Crippen LogP contribution in [-0.2, 0) is 6.54 Å². The summed E-state index contributed by atoms with van der Waals surface area (Å²) in [5, 5.41) is 9.22. The Labute approximate surface area is 180 Å². The number of carbonyl (C=O) groups is 1. The van der Waals surface area contributed by atoms with Gasteiger partial charge in [0.25, 0.3) is 5.91 Å². The summed E-state index contributed by atoms with van der Waals surface area (Å²) in [6, 6.07) is 7.11. The molecule has 4 rings (SSSR count). The molecule has 0 atom stereocenters. The Hall–Kier alpha value is -2.81. The third-order valence-corrected chi connectivity index (χ3v) is 5.81. The Morgan fingerprint density at radius 3 is 2.87 bits per heavy atom. The standard InChI is InChI=1S/C21H26N6O2S/c1-3-30-21-24-18(26-10-4-5-11-26)17-14-23-27(19(17)25-21)12-9-22-20(28)15-7-6-8-16(13-15)29-2/h6-8,13-14H,3-5,9-12H2,1-2H3,(H,22,28). The van der Waals surface area contributed by atoms with E-state index in [1.165, 1.54) is 12.8 Å². The van der Waals surface area contributed by atoms with Gasteiger partial charge in [0.05, 0.1) is 25.2 Å². The topological polar surface area (TPSA) is 85.2 Å². The summed E-state index contributed by atoms with van der Waals surface area (Å²) in [5.41, 5.74) is 1.39. The average Bonchev–Trinajstić information content (AvgIpc) is 3.44. The molecule has 1 fully saturated rings. The lowest BCUT2D eigenvalue weighted by Gasteiger charge is -2.17. The van der Waals surface area contributed by atoms with Gasteiger partial charge < -0.3 is 15.0 Å². The second kappa shape index (κ2) is 9.34. The molecule has 3 heterocycles. The highest BCUT2D eigenvalue weighted by atomic mass is 32.2. The van der Waals surface area contributed by atoms with E-state index in [0.717, 1.165) is 40.9 Å². The maximum Gasteiger partial charge on any atom is 0.251 e. The molecule has 2 aromatic heterocycles. The number of anilines is 1. The van der Waals surface area contributed by atoms with E-state index in [0.29, 0.717) is 24.4 Å². The lowest BCUT2D eigenvalue weighted by molar-refractivity contribution is 0.0951. The van der Waals surface area contributed by atoms with Gasteiger partial charge in [0.1, 0.15) is 11.6 Å². The maximum atomic E-state index is 12.4. The Balaban J connectivity index is 1.50. The van der Waals surface area contributed by atoms with Crippen LogP contribution in [0.3, 0.4) is 0 Å². The molecule has 1 amide bonds. The molecule has 158 valence electrons. The van der Waals surface area contributed by atoms with Gasteiger partial charge in [-0.1, -0.05) is 24.8 Å². The lowest BCUT2D eigenvalue weighted by Crippen LogP contribution is -2.27. The number of ether oxygens (including phenoxy) is 1. The summed E-state index contributed by atoms with van der Waals surface area (Å²) in [5.74, 6) is 2.41. The number of amides is 1. The fourth-order valence-corrected chi connectivity index (χ4v) is 4.15. The molecule has 8 nitrogen and oxygen atoms in total. The highest BCUT2D eigenvalue weighted by molar-refractivity contribution is 7.99. The molecule has 9 heteroatoms. The van der Waals surface area contributed by atoms with Crippen molar-refractivity contribution >= 4 is 34.5 Å². The molecule has 3 aromatic rings. The van der Waals surface area contributed by atoms with Crippen LogP contribution in [0.15, 0.2) is 35.6 Å². The van der Waals surface area contributed by atoms with Gasteiger partial charge in [-0.25, -0.2) is 14.6 Å². The van der Waals surface area contributed by atoms with Gasteiger partial charge in [-0.2, -0.15) is 5.10 Å². The van der Waals surface area contributed by atoms with Crippen LogP contribution >= 0.6 is 11.8 Å². The predicted octanol–water partition coefficient (Wildman–Crippen LogP) is 2.98. The molecule has 1 aromatic carbocycles. The molecule has 0 spiro atoms. The molecule has 0 unspecified atom stereocenters. The van der Waals surface area contributed by atoms with Crippen LogP contribution in [-0.4, -0.2) is 58.2 Å². The van der Waals surface area contributed by atoms with Crippen LogP contribution in [0.2, 0.25) is 0 Å². The van der Waals surface area contributed by atoms with E-state index in [2.05, 4.69) is 22.2 Å². The summed E-state index contributed by atoms with van der Waals surface area (Å²) >= 11 is 1.63. The Kier molecular flexibility index (Phi) is 6.37. The van der Waals surface area contributed by atoms with Crippen LogP contribution in [0, 0.1) is 0 Å². The first kappa shape index (κ1) is 20.5. The first-order chi connectivity index (χ1) is 14.7. The van der Waals surface area contributed by atoms with Crippen molar-refractivity contribution in [3.63, 3.8) is 0 Å². The highest BCUT2D eigenvalue weighted by Gasteiger charge is 2.20. The highest BCUT2D eigenvalue weighted by Crippen LogP contribution is 2.29. The number of benzene rings is 1. The monoisotopic (exact) mass is 426 g/mol. The first-order valence-corrected chi connectivity index (χ1v) is 11.2. The predicted molar refractivity (Wildman–Crippen MR) is 118 cm³/mol. The number of nitrogens with one attached hydrogen (secondary N) is 1. The third-order valence-electron chi connectivity index (χ3n) is 5.08. The van der Waals surface area contributed by atoms with Crippen molar-refractivity contribution in [1.82, 2.24) is 25.1 Å². The smallest absolute Gasteiger partial charge is 0.251 e. The minimum atomic E-state index is -0.139. The number of thioether (sulfide) groups is 1. The zero-order valence-electron chi connectivity index (χ0n) is 17.3. The number of hydrogen-bond donors (Lipinski definition) is 1. The van der Waals surface area contributed by atoms with Crippen LogP contribution in [0.1, 0.15) is 30.1 Å². The Morgan fingerprint density at radius 1 is 1.27 bits per heavy atom. The van der Waals surface area contributed by atoms with Crippen LogP contribution in [0.4, 0.5) is 5.82 Å². The van der Waals surface area contributed by atoms with Crippen molar-refractivity contribution in [3.8, 4) is 5.75 Å². The Bertz CT molecular complexity index is 1030. The molecule has 1 aliphatic rings. The maximum absolute atomic E-state index is 12.4. The molecule has 0 saturated carbocycles. The summed E-state index contributed by atoms with van der Waals surface area (Å²) in [4.78, 5) is 24.3. The molecule has 0 bridgehead atoms. The summed E-state index contributed by atoms with van der Waals surface area (Å²) in [6.07, 6.45) is 4.21. The molecular weight excluding hydrogens is 400 g/mol. The second-order valence-corrected chi connectivity index (χ2v) is 8.28. The molecule has 1 aliphatic heterocycles. The quantitative estimate of drug-likeness (QED) is 0.438. The van der Waals surface area contributed by atoms with Crippen molar-refractivity contribution in [2.24, 2.45) is 0 Å². The number of hydrogen-bond acceptors (Lipinski definition) is 7.